The molecule has 1 aromatic carbocycles. The van der Waals surface area contributed by atoms with Gasteiger partial charge in [-0.25, -0.2) is 0 Å². The fraction of sp³-hybridized carbons (Fsp3) is 0.333. The Morgan fingerprint density at radius 1 is 1.30 bits per heavy atom. The van der Waals surface area contributed by atoms with Crippen LogP contribution in [0.4, 0.5) is 5.69 Å². The van der Waals surface area contributed by atoms with E-state index in [4.69, 9.17) is 5.26 Å². The highest BCUT2D eigenvalue weighted by molar-refractivity contribution is 6.07. The molecule has 0 aliphatic carbocycles. The molecular weight excluding hydrogens is 254 g/mol. The van der Waals surface area contributed by atoms with Gasteiger partial charge in [-0.05, 0) is 31.4 Å². The van der Waals surface area contributed by atoms with E-state index in [9.17, 15) is 9.90 Å². The van der Waals surface area contributed by atoms with Gasteiger partial charge in [0.05, 0.1) is 5.69 Å². The lowest BCUT2D eigenvalue weighted by atomic mass is 10.1. The molecule has 1 aliphatic heterocycles. The van der Waals surface area contributed by atoms with E-state index < -0.39 is 5.91 Å². The van der Waals surface area contributed by atoms with Crippen molar-refractivity contribution in [2.45, 2.75) is 19.3 Å². The molecule has 0 atom stereocenters. The van der Waals surface area contributed by atoms with Gasteiger partial charge in [0.25, 0.3) is 5.91 Å². The molecule has 5 heteroatoms. The minimum Gasteiger partial charge on any atom is -0.506 e. The lowest BCUT2D eigenvalue weighted by Gasteiger charge is -2.25. The van der Waals surface area contributed by atoms with Crippen molar-refractivity contribution in [1.29, 1.82) is 5.26 Å². The Labute approximate surface area is 118 Å². The van der Waals surface area contributed by atoms with Gasteiger partial charge >= 0.3 is 0 Å². The number of rotatable bonds is 3. The van der Waals surface area contributed by atoms with E-state index in [0.29, 0.717) is 5.69 Å². The minimum absolute atomic E-state index is 0.0175. The monoisotopic (exact) mass is 271 g/mol. The quantitative estimate of drug-likeness (QED) is 0.502. The number of aromatic hydroxyl groups is 1. The second-order valence-corrected chi connectivity index (χ2v) is 4.72. The van der Waals surface area contributed by atoms with E-state index in [-0.39, 0.29) is 11.3 Å². The minimum atomic E-state index is -0.500. The molecule has 0 aromatic heterocycles. The maximum Gasteiger partial charge on any atom is 0.267 e. The first-order valence-corrected chi connectivity index (χ1v) is 6.66. The summed E-state index contributed by atoms with van der Waals surface area (Å²) in [5.41, 5.74) is 0.354. The second-order valence-electron chi connectivity index (χ2n) is 4.72. The lowest BCUT2D eigenvalue weighted by molar-refractivity contribution is -0.112. The number of anilines is 1. The fourth-order valence-corrected chi connectivity index (χ4v) is 2.14. The van der Waals surface area contributed by atoms with Gasteiger partial charge in [0.15, 0.2) is 0 Å². The standard InChI is InChI=1S/C15H17N3O2/c16-10-12(11-18-8-4-1-5-9-18)15(20)17-13-6-2-3-7-14(13)19/h2-3,6-7,11,19H,1,4-5,8-9H2,(H,17,20)/b12-11-. The molecule has 0 saturated carbocycles. The molecular formula is C15H17N3O2. The number of nitriles is 1. The Balaban J connectivity index is 2.08. The summed E-state index contributed by atoms with van der Waals surface area (Å²) in [6, 6.07) is 8.35. The molecule has 1 amide bonds. The van der Waals surface area contributed by atoms with Crippen LogP contribution < -0.4 is 5.32 Å². The van der Waals surface area contributed by atoms with Crippen LogP contribution in [0, 0.1) is 11.3 Å². The van der Waals surface area contributed by atoms with Crippen LogP contribution in [0.25, 0.3) is 0 Å². The van der Waals surface area contributed by atoms with E-state index in [1.54, 1.807) is 24.4 Å². The van der Waals surface area contributed by atoms with Crippen LogP contribution in [0.2, 0.25) is 0 Å². The summed E-state index contributed by atoms with van der Waals surface area (Å²) in [5, 5.41) is 21.3. The number of piperidine rings is 1. The van der Waals surface area contributed by atoms with Crippen LogP contribution in [0.5, 0.6) is 5.75 Å². The van der Waals surface area contributed by atoms with E-state index in [2.05, 4.69) is 5.32 Å². The van der Waals surface area contributed by atoms with Crippen LogP contribution in [0.15, 0.2) is 36.0 Å². The summed E-state index contributed by atoms with van der Waals surface area (Å²) < 4.78 is 0. The highest BCUT2D eigenvalue weighted by atomic mass is 16.3. The zero-order valence-corrected chi connectivity index (χ0v) is 11.2. The molecule has 0 spiro atoms. The van der Waals surface area contributed by atoms with Crippen molar-refractivity contribution in [1.82, 2.24) is 4.90 Å². The fourth-order valence-electron chi connectivity index (χ4n) is 2.14. The average Bonchev–Trinajstić information content (AvgIpc) is 2.48. The molecule has 2 rings (SSSR count). The summed E-state index contributed by atoms with van der Waals surface area (Å²) in [6.45, 7) is 1.74. The van der Waals surface area contributed by atoms with Crippen molar-refractivity contribution >= 4 is 11.6 Å². The zero-order valence-electron chi connectivity index (χ0n) is 11.2. The topological polar surface area (TPSA) is 76.4 Å². The molecule has 1 saturated heterocycles. The molecule has 2 N–H and O–H groups in total. The van der Waals surface area contributed by atoms with E-state index >= 15 is 0 Å². The van der Waals surface area contributed by atoms with Gasteiger partial charge in [-0.15, -0.1) is 0 Å². The number of carbonyl (C=O) groups excluding carboxylic acids is 1. The van der Waals surface area contributed by atoms with Crippen molar-refractivity contribution in [3.05, 3.63) is 36.0 Å². The smallest absolute Gasteiger partial charge is 0.267 e. The summed E-state index contributed by atoms with van der Waals surface area (Å²) in [7, 11) is 0. The Kier molecular flexibility index (Phi) is 4.61. The van der Waals surface area contributed by atoms with Crippen LogP contribution in [0.1, 0.15) is 19.3 Å². The molecule has 5 nitrogen and oxygen atoms in total. The third-order valence-corrected chi connectivity index (χ3v) is 3.22. The van der Waals surface area contributed by atoms with Crippen LogP contribution in [0.3, 0.4) is 0 Å². The molecule has 1 aromatic rings. The summed E-state index contributed by atoms with van der Waals surface area (Å²) >= 11 is 0. The van der Waals surface area contributed by atoms with Gasteiger partial charge in [0.2, 0.25) is 0 Å². The molecule has 1 heterocycles. The van der Waals surface area contributed by atoms with E-state index in [0.717, 1.165) is 25.9 Å². The van der Waals surface area contributed by atoms with Gasteiger partial charge in [-0.1, -0.05) is 12.1 Å². The molecule has 104 valence electrons. The Morgan fingerprint density at radius 2 is 2.00 bits per heavy atom. The average molecular weight is 271 g/mol. The van der Waals surface area contributed by atoms with Crippen molar-refractivity contribution in [2.75, 3.05) is 18.4 Å². The first kappa shape index (κ1) is 13.9. The molecule has 0 unspecified atom stereocenters. The maximum atomic E-state index is 12.0. The van der Waals surface area contributed by atoms with Gasteiger partial charge in [-0.3, -0.25) is 4.79 Å². The number of hydrogen-bond acceptors (Lipinski definition) is 4. The van der Waals surface area contributed by atoms with E-state index in [1.165, 1.54) is 12.5 Å². The SMILES string of the molecule is N#C/C(=C/N1CCCCC1)C(=O)Nc1ccccc1O. The highest BCUT2D eigenvalue weighted by Crippen LogP contribution is 2.22. The number of phenols is 1. The van der Waals surface area contributed by atoms with Crippen LogP contribution in [-0.2, 0) is 4.79 Å². The predicted octanol–water partition coefficient (Wildman–Crippen LogP) is 2.22. The number of para-hydroxylation sites is 2. The number of benzene rings is 1. The predicted molar refractivity (Wildman–Crippen MR) is 75.9 cm³/mol. The van der Waals surface area contributed by atoms with E-state index in [1.807, 2.05) is 11.0 Å². The van der Waals surface area contributed by atoms with Crippen LogP contribution in [-0.4, -0.2) is 29.0 Å². The first-order valence-electron chi connectivity index (χ1n) is 6.66. The third kappa shape index (κ3) is 3.51. The highest BCUT2D eigenvalue weighted by Gasteiger charge is 2.14. The number of hydrogen-bond donors (Lipinski definition) is 2. The summed E-state index contributed by atoms with van der Waals surface area (Å²) in [6.07, 6.45) is 4.96. The largest absolute Gasteiger partial charge is 0.506 e. The van der Waals surface area contributed by atoms with Crippen molar-refractivity contribution in [3.8, 4) is 11.8 Å². The number of nitrogens with zero attached hydrogens (tertiary/aromatic N) is 2. The summed E-state index contributed by atoms with van der Waals surface area (Å²) in [5.74, 6) is -0.518. The molecule has 1 aliphatic rings. The number of nitrogens with one attached hydrogen (secondary N) is 1. The molecule has 0 radical (unpaired) electrons. The summed E-state index contributed by atoms with van der Waals surface area (Å²) in [4.78, 5) is 14.0. The maximum absolute atomic E-state index is 12.0. The van der Waals surface area contributed by atoms with Crippen molar-refractivity contribution < 1.29 is 9.90 Å². The molecule has 0 bridgehead atoms. The number of carbonyl (C=O) groups is 1. The Hall–Kier alpha value is -2.48. The van der Waals surface area contributed by atoms with Gasteiger partial charge in [0.1, 0.15) is 17.4 Å². The van der Waals surface area contributed by atoms with Gasteiger partial charge in [-0.2, -0.15) is 5.26 Å². The second kappa shape index (κ2) is 6.62. The number of likely N-dealkylation sites (tertiary alicyclic amines) is 1. The normalized spacial score (nSPS) is 15.6. The zero-order chi connectivity index (χ0) is 14.4. The Bertz CT molecular complexity index is 554. The van der Waals surface area contributed by atoms with Gasteiger partial charge in [0, 0.05) is 19.3 Å². The van der Waals surface area contributed by atoms with Crippen LogP contribution >= 0.6 is 0 Å². The molecule has 20 heavy (non-hydrogen) atoms. The molecule has 1 fully saturated rings. The number of phenolic OH excluding ortho intramolecular Hbond substituents is 1. The third-order valence-electron chi connectivity index (χ3n) is 3.22. The lowest BCUT2D eigenvalue weighted by Crippen LogP contribution is -2.26. The first-order chi connectivity index (χ1) is 9.70. The van der Waals surface area contributed by atoms with Crippen molar-refractivity contribution in [3.63, 3.8) is 0 Å². The van der Waals surface area contributed by atoms with Crippen molar-refractivity contribution in [2.24, 2.45) is 0 Å². The number of amides is 1. The van der Waals surface area contributed by atoms with Gasteiger partial charge < -0.3 is 15.3 Å². The Morgan fingerprint density at radius 3 is 2.65 bits per heavy atom.